The lowest BCUT2D eigenvalue weighted by Crippen LogP contribution is -2.40. The topological polar surface area (TPSA) is 46.5 Å². The standard InChI is InChI=1S/C18H15BrO3/c1-18(16(20)10-11-17(21)22-18)14-6-2-12(3-7-14)13-4-8-15(19)9-5-13/h2-11,17,21H,1H3. The summed E-state index contributed by atoms with van der Waals surface area (Å²) in [7, 11) is 0. The molecule has 2 unspecified atom stereocenters. The van der Waals surface area contributed by atoms with Crippen LogP contribution in [-0.2, 0) is 15.1 Å². The average Bonchev–Trinajstić information content (AvgIpc) is 2.52. The molecule has 0 bridgehead atoms. The van der Waals surface area contributed by atoms with Crippen molar-refractivity contribution in [2.24, 2.45) is 0 Å². The summed E-state index contributed by atoms with van der Waals surface area (Å²) in [5.74, 6) is -0.172. The van der Waals surface area contributed by atoms with E-state index in [2.05, 4.69) is 15.9 Å². The molecule has 0 amide bonds. The molecule has 1 N–H and O–H groups in total. The van der Waals surface area contributed by atoms with Crippen LogP contribution in [-0.4, -0.2) is 17.2 Å². The summed E-state index contributed by atoms with van der Waals surface area (Å²) in [4.78, 5) is 12.1. The van der Waals surface area contributed by atoms with Gasteiger partial charge in [-0.2, -0.15) is 0 Å². The largest absolute Gasteiger partial charge is 0.365 e. The van der Waals surface area contributed by atoms with Gasteiger partial charge in [0.15, 0.2) is 17.7 Å². The van der Waals surface area contributed by atoms with Crippen molar-refractivity contribution in [3.8, 4) is 11.1 Å². The van der Waals surface area contributed by atoms with E-state index in [4.69, 9.17) is 4.74 Å². The molecule has 1 aliphatic heterocycles. The number of ether oxygens (including phenoxy) is 1. The van der Waals surface area contributed by atoms with E-state index in [-0.39, 0.29) is 5.78 Å². The van der Waals surface area contributed by atoms with Crippen LogP contribution in [0.5, 0.6) is 0 Å². The SMILES string of the molecule is CC1(c2ccc(-c3ccc(Br)cc3)cc2)OC(O)C=CC1=O. The zero-order valence-electron chi connectivity index (χ0n) is 12.0. The number of aliphatic hydroxyl groups is 1. The van der Waals surface area contributed by atoms with E-state index < -0.39 is 11.9 Å². The van der Waals surface area contributed by atoms with Crippen LogP contribution in [0.2, 0.25) is 0 Å². The third-order valence-electron chi connectivity index (χ3n) is 3.85. The van der Waals surface area contributed by atoms with E-state index in [9.17, 15) is 9.90 Å². The number of carbonyl (C=O) groups excluding carboxylic acids is 1. The van der Waals surface area contributed by atoms with Gasteiger partial charge in [-0.1, -0.05) is 52.3 Å². The highest BCUT2D eigenvalue weighted by Crippen LogP contribution is 2.32. The van der Waals surface area contributed by atoms with Gasteiger partial charge in [-0.05, 0) is 47.9 Å². The summed E-state index contributed by atoms with van der Waals surface area (Å²) in [5, 5.41) is 9.62. The first-order chi connectivity index (χ1) is 10.5. The summed E-state index contributed by atoms with van der Waals surface area (Å²) in [6, 6.07) is 15.6. The monoisotopic (exact) mass is 358 g/mol. The van der Waals surface area contributed by atoms with Gasteiger partial charge in [-0.15, -0.1) is 0 Å². The Morgan fingerprint density at radius 2 is 1.59 bits per heavy atom. The van der Waals surface area contributed by atoms with Gasteiger partial charge in [0, 0.05) is 4.47 Å². The molecule has 4 heteroatoms. The molecular weight excluding hydrogens is 344 g/mol. The molecule has 3 rings (SSSR count). The number of hydrogen-bond acceptors (Lipinski definition) is 3. The molecule has 0 fully saturated rings. The lowest BCUT2D eigenvalue weighted by atomic mass is 9.88. The summed E-state index contributed by atoms with van der Waals surface area (Å²) in [5.41, 5.74) is 1.73. The fourth-order valence-corrected chi connectivity index (χ4v) is 2.77. The Kier molecular flexibility index (Phi) is 4.00. The quantitative estimate of drug-likeness (QED) is 0.887. The Balaban J connectivity index is 1.93. The lowest BCUT2D eigenvalue weighted by molar-refractivity contribution is -0.177. The van der Waals surface area contributed by atoms with Crippen LogP contribution in [0.25, 0.3) is 11.1 Å². The van der Waals surface area contributed by atoms with Crippen molar-refractivity contribution >= 4 is 21.7 Å². The molecule has 0 spiro atoms. The van der Waals surface area contributed by atoms with E-state index in [1.807, 2.05) is 48.5 Å². The average molecular weight is 359 g/mol. The van der Waals surface area contributed by atoms with Gasteiger partial charge < -0.3 is 9.84 Å². The Morgan fingerprint density at radius 3 is 2.18 bits per heavy atom. The summed E-state index contributed by atoms with van der Waals surface area (Å²) >= 11 is 3.42. The zero-order valence-corrected chi connectivity index (χ0v) is 13.6. The van der Waals surface area contributed by atoms with E-state index in [0.29, 0.717) is 0 Å². The molecular formula is C18H15BrO3. The number of ketones is 1. The Bertz CT molecular complexity index is 719. The molecule has 0 radical (unpaired) electrons. The number of benzene rings is 2. The van der Waals surface area contributed by atoms with Gasteiger partial charge >= 0.3 is 0 Å². The molecule has 0 saturated heterocycles. The first kappa shape index (κ1) is 15.2. The fourth-order valence-electron chi connectivity index (χ4n) is 2.50. The molecule has 2 aromatic rings. The van der Waals surface area contributed by atoms with Gasteiger partial charge in [-0.25, -0.2) is 0 Å². The Labute approximate surface area is 137 Å². The van der Waals surface area contributed by atoms with Crippen molar-refractivity contribution in [1.29, 1.82) is 0 Å². The van der Waals surface area contributed by atoms with Crippen LogP contribution in [0.3, 0.4) is 0 Å². The number of carbonyl (C=O) groups is 1. The lowest BCUT2D eigenvalue weighted by Gasteiger charge is -2.32. The number of halogens is 1. The second kappa shape index (κ2) is 5.80. The molecule has 0 saturated carbocycles. The third kappa shape index (κ3) is 2.77. The summed E-state index contributed by atoms with van der Waals surface area (Å²) in [6.45, 7) is 1.68. The van der Waals surface area contributed by atoms with Crippen molar-refractivity contribution < 1.29 is 14.6 Å². The first-order valence-corrected chi connectivity index (χ1v) is 7.73. The molecule has 1 heterocycles. The second-order valence-electron chi connectivity index (χ2n) is 5.35. The maximum Gasteiger partial charge on any atom is 0.191 e. The molecule has 2 atom stereocenters. The molecule has 112 valence electrons. The van der Waals surface area contributed by atoms with Crippen LogP contribution in [0.4, 0.5) is 0 Å². The van der Waals surface area contributed by atoms with E-state index in [1.165, 1.54) is 12.2 Å². The highest BCUT2D eigenvalue weighted by molar-refractivity contribution is 9.10. The predicted molar refractivity (Wildman–Crippen MR) is 88.2 cm³/mol. The summed E-state index contributed by atoms with van der Waals surface area (Å²) < 4.78 is 6.48. The van der Waals surface area contributed by atoms with Crippen molar-refractivity contribution in [3.05, 3.63) is 70.7 Å². The van der Waals surface area contributed by atoms with Crippen LogP contribution in [0, 0.1) is 0 Å². The molecule has 22 heavy (non-hydrogen) atoms. The van der Waals surface area contributed by atoms with Crippen molar-refractivity contribution in [2.75, 3.05) is 0 Å². The molecule has 0 aromatic heterocycles. The van der Waals surface area contributed by atoms with Gasteiger partial charge in [-0.3, -0.25) is 4.79 Å². The molecule has 0 aliphatic carbocycles. The van der Waals surface area contributed by atoms with Crippen LogP contribution >= 0.6 is 15.9 Å². The summed E-state index contributed by atoms with van der Waals surface area (Å²) in [6.07, 6.45) is 1.66. The van der Waals surface area contributed by atoms with Crippen LogP contribution in [0.15, 0.2) is 65.2 Å². The van der Waals surface area contributed by atoms with Gasteiger partial charge in [0.1, 0.15) is 0 Å². The third-order valence-corrected chi connectivity index (χ3v) is 4.38. The second-order valence-corrected chi connectivity index (χ2v) is 6.26. The maximum absolute atomic E-state index is 12.1. The molecule has 2 aromatic carbocycles. The van der Waals surface area contributed by atoms with Gasteiger partial charge in [0.05, 0.1) is 0 Å². The molecule has 1 aliphatic rings. The zero-order chi connectivity index (χ0) is 15.7. The van der Waals surface area contributed by atoms with E-state index >= 15 is 0 Å². The van der Waals surface area contributed by atoms with Gasteiger partial charge in [0.2, 0.25) is 0 Å². The number of aliphatic hydroxyl groups excluding tert-OH is 1. The maximum atomic E-state index is 12.1. The smallest absolute Gasteiger partial charge is 0.191 e. The minimum Gasteiger partial charge on any atom is -0.365 e. The van der Waals surface area contributed by atoms with Crippen LogP contribution < -0.4 is 0 Å². The minimum absolute atomic E-state index is 0.172. The van der Waals surface area contributed by atoms with Crippen molar-refractivity contribution in [3.63, 3.8) is 0 Å². The van der Waals surface area contributed by atoms with E-state index in [1.54, 1.807) is 6.92 Å². The van der Waals surface area contributed by atoms with E-state index in [0.717, 1.165) is 21.2 Å². The molecule has 3 nitrogen and oxygen atoms in total. The fraction of sp³-hybridized carbons (Fsp3) is 0.167. The highest BCUT2D eigenvalue weighted by atomic mass is 79.9. The van der Waals surface area contributed by atoms with Crippen LogP contribution in [0.1, 0.15) is 12.5 Å². The predicted octanol–water partition coefficient (Wildman–Crippen LogP) is 3.81. The highest BCUT2D eigenvalue weighted by Gasteiger charge is 2.38. The van der Waals surface area contributed by atoms with Gasteiger partial charge in [0.25, 0.3) is 0 Å². The Morgan fingerprint density at radius 1 is 1.05 bits per heavy atom. The normalized spacial score (nSPS) is 24.5. The van der Waals surface area contributed by atoms with Crippen molar-refractivity contribution in [1.82, 2.24) is 0 Å². The number of rotatable bonds is 2. The first-order valence-electron chi connectivity index (χ1n) is 6.94. The van der Waals surface area contributed by atoms with Crippen molar-refractivity contribution in [2.45, 2.75) is 18.8 Å². The Hall–Kier alpha value is -1.75. The minimum atomic E-state index is -1.15. The number of hydrogen-bond donors (Lipinski definition) is 1.